The van der Waals surface area contributed by atoms with Crippen LogP contribution in [0.15, 0.2) is 24.3 Å². The van der Waals surface area contributed by atoms with Crippen LogP contribution in [0.5, 0.6) is 0 Å². The molecule has 0 aromatic carbocycles. The first-order valence-electron chi connectivity index (χ1n) is 9.77. The van der Waals surface area contributed by atoms with Gasteiger partial charge in [0.2, 0.25) is 0 Å². The zero-order valence-corrected chi connectivity index (χ0v) is 16.4. The van der Waals surface area contributed by atoms with Crippen molar-refractivity contribution in [3.05, 3.63) is 24.3 Å². The van der Waals surface area contributed by atoms with Gasteiger partial charge < -0.3 is 20.1 Å². The molecule has 0 heterocycles. The van der Waals surface area contributed by atoms with Gasteiger partial charge in [-0.05, 0) is 50.9 Å². The van der Waals surface area contributed by atoms with Crippen molar-refractivity contribution in [3.8, 4) is 0 Å². The molecule has 1 rings (SSSR count). The number of aliphatic carboxylic acids is 1. The summed E-state index contributed by atoms with van der Waals surface area (Å²) >= 11 is 0. The van der Waals surface area contributed by atoms with E-state index < -0.39 is 12.1 Å². The van der Waals surface area contributed by atoms with Crippen LogP contribution in [0.25, 0.3) is 0 Å². The molecule has 26 heavy (non-hydrogen) atoms. The van der Waals surface area contributed by atoms with Crippen LogP contribution in [0.1, 0.15) is 59.3 Å². The van der Waals surface area contributed by atoms with Crippen LogP contribution in [0, 0.1) is 17.3 Å². The maximum atomic E-state index is 10.5. The highest BCUT2D eigenvalue weighted by molar-refractivity contribution is 5.66. The predicted molar refractivity (Wildman–Crippen MR) is 103 cm³/mol. The number of hydrogen-bond acceptors (Lipinski definition) is 4. The Bertz CT molecular complexity index is 469. The van der Waals surface area contributed by atoms with E-state index in [4.69, 9.17) is 9.84 Å². The first-order valence-corrected chi connectivity index (χ1v) is 9.77. The van der Waals surface area contributed by atoms with E-state index in [9.17, 15) is 15.0 Å². The van der Waals surface area contributed by atoms with Crippen molar-refractivity contribution in [3.63, 3.8) is 0 Å². The molecule has 0 aromatic heterocycles. The topological polar surface area (TPSA) is 87.0 Å². The molecule has 0 radical (unpaired) electrons. The number of carboxylic acid groups (broad SMARTS) is 1. The van der Waals surface area contributed by atoms with Gasteiger partial charge in [-0.3, -0.25) is 4.79 Å². The average molecular weight is 369 g/mol. The van der Waals surface area contributed by atoms with E-state index in [1.807, 2.05) is 32.9 Å². The average Bonchev–Trinajstić information content (AvgIpc) is 2.93. The summed E-state index contributed by atoms with van der Waals surface area (Å²) < 4.78 is 5.45. The Hall–Kier alpha value is -1.17. The number of allylic oxidation sites excluding steroid dienone is 3. The van der Waals surface area contributed by atoms with Crippen molar-refractivity contribution in [2.45, 2.75) is 71.5 Å². The molecule has 3 N–H and O–H groups in total. The van der Waals surface area contributed by atoms with Gasteiger partial charge in [0.05, 0.1) is 18.8 Å². The molecule has 1 aliphatic carbocycles. The van der Waals surface area contributed by atoms with E-state index in [2.05, 4.69) is 12.2 Å². The summed E-state index contributed by atoms with van der Waals surface area (Å²) in [4.78, 5) is 10.5. The fourth-order valence-corrected chi connectivity index (χ4v) is 3.35. The molecule has 5 nitrogen and oxygen atoms in total. The van der Waals surface area contributed by atoms with Crippen molar-refractivity contribution < 1.29 is 24.9 Å². The van der Waals surface area contributed by atoms with Crippen molar-refractivity contribution in [1.29, 1.82) is 0 Å². The Morgan fingerprint density at radius 2 is 2.04 bits per heavy atom. The van der Waals surface area contributed by atoms with Gasteiger partial charge in [-0.1, -0.05) is 38.2 Å². The second-order valence-corrected chi connectivity index (χ2v) is 7.92. The van der Waals surface area contributed by atoms with Crippen LogP contribution >= 0.6 is 0 Å². The largest absolute Gasteiger partial charge is 0.481 e. The molecule has 0 bridgehead atoms. The lowest BCUT2D eigenvalue weighted by molar-refractivity contribution is -0.137. The van der Waals surface area contributed by atoms with Crippen LogP contribution in [0.4, 0.5) is 0 Å². The first kappa shape index (κ1) is 22.9. The van der Waals surface area contributed by atoms with E-state index in [1.165, 1.54) is 0 Å². The maximum Gasteiger partial charge on any atom is 0.303 e. The number of aliphatic hydroxyl groups is 2. The van der Waals surface area contributed by atoms with Crippen LogP contribution in [-0.4, -0.2) is 46.7 Å². The van der Waals surface area contributed by atoms with E-state index in [0.29, 0.717) is 19.6 Å². The minimum atomic E-state index is -0.763. The van der Waals surface area contributed by atoms with Crippen molar-refractivity contribution in [2.75, 3.05) is 13.2 Å². The molecule has 0 aromatic rings. The van der Waals surface area contributed by atoms with E-state index in [0.717, 1.165) is 25.7 Å². The number of rotatable bonds is 12. The minimum Gasteiger partial charge on any atom is -0.481 e. The standard InChI is InChI=1S/C21H36O5/c1-4-26-15-21(2,3)19(23)14-12-16-11-13-18(22)17(16)9-7-5-6-8-10-20(24)25/h5,7,12,14,16-19,22-23H,4,6,8-11,13,15H2,1-3H3,(H,24,25)/b7-5-,14-12+. The second kappa shape index (κ2) is 11.5. The number of ether oxygens (including phenoxy) is 1. The summed E-state index contributed by atoms with van der Waals surface area (Å²) in [5.41, 5.74) is -0.344. The van der Waals surface area contributed by atoms with Gasteiger partial charge in [-0.15, -0.1) is 0 Å². The highest BCUT2D eigenvalue weighted by Gasteiger charge is 2.33. The summed E-state index contributed by atoms with van der Waals surface area (Å²) in [6.07, 6.45) is 11.1. The zero-order chi connectivity index (χ0) is 19.6. The lowest BCUT2D eigenvalue weighted by Gasteiger charge is -2.28. The Morgan fingerprint density at radius 3 is 2.69 bits per heavy atom. The SMILES string of the molecule is CCOCC(C)(C)C(O)/C=C/C1CCC(O)C1C/C=C\CCCC(=O)O. The number of carbonyl (C=O) groups is 1. The zero-order valence-electron chi connectivity index (χ0n) is 16.4. The maximum absolute atomic E-state index is 10.5. The van der Waals surface area contributed by atoms with Crippen LogP contribution < -0.4 is 0 Å². The van der Waals surface area contributed by atoms with Gasteiger partial charge >= 0.3 is 5.97 Å². The van der Waals surface area contributed by atoms with E-state index in [-0.39, 0.29) is 29.8 Å². The molecular weight excluding hydrogens is 332 g/mol. The monoisotopic (exact) mass is 368 g/mol. The summed E-state index contributed by atoms with van der Waals surface area (Å²) in [5.74, 6) is -0.351. The molecule has 4 unspecified atom stereocenters. The van der Waals surface area contributed by atoms with Gasteiger partial charge in [-0.2, -0.15) is 0 Å². The Morgan fingerprint density at radius 1 is 1.31 bits per heavy atom. The number of aliphatic hydroxyl groups excluding tert-OH is 2. The number of unbranched alkanes of at least 4 members (excludes halogenated alkanes) is 1. The summed E-state index contributed by atoms with van der Waals surface area (Å²) in [6.45, 7) is 7.05. The van der Waals surface area contributed by atoms with Crippen LogP contribution in [0.2, 0.25) is 0 Å². The highest BCUT2D eigenvalue weighted by atomic mass is 16.5. The molecule has 1 saturated carbocycles. The van der Waals surface area contributed by atoms with Gasteiger partial charge in [0, 0.05) is 18.4 Å². The predicted octanol–water partition coefficient (Wildman–Crippen LogP) is 3.55. The first-order chi connectivity index (χ1) is 12.3. The van der Waals surface area contributed by atoms with Crippen molar-refractivity contribution in [2.24, 2.45) is 17.3 Å². The molecule has 0 amide bonds. The highest BCUT2D eigenvalue weighted by Crippen LogP contribution is 2.36. The van der Waals surface area contributed by atoms with Gasteiger partial charge in [0.15, 0.2) is 0 Å². The molecule has 150 valence electrons. The second-order valence-electron chi connectivity index (χ2n) is 7.92. The van der Waals surface area contributed by atoms with Crippen LogP contribution in [0.3, 0.4) is 0 Å². The molecule has 1 aliphatic rings. The molecule has 5 heteroatoms. The molecule has 4 atom stereocenters. The summed E-state index contributed by atoms with van der Waals surface area (Å²) in [5, 5.41) is 29.3. The van der Waals surface area contributed by atoms with Gasteiger partial charge in [-0.25, -0.2) is 0 Å². The number of carboxylic acids is 1. The third-order valence-electron chi connectivity index (χ3n) is 5.20. The molecule has 0 aliphatic heterocycles. The molecule has 0 saturated heterocycles. The third-order valence-corrected chi connectivity index (χ3v) is 5.20. The minimum absolute atomic E-state index is 0.157. The molecular formula is C21H36O5. The quantitative estimate of drug-likeness (QED) is 0.362. The molecule has 1 fully saturated rings. The third kappa shape index (κ3) is 8.02. The van der Waals surface area contributed by atoms with E-state index >= 15 is 0 Å². The van der Waals surface area contributed by atoms with E-state index in [1.54, 1.807) is 0 Å². The Balaban J connectivity index is 2.51. The van der Waals surface area contributed by atoms with Gasteiger partial charge in [0.1, 0.15) is 0 Å². The molecule has 0 spiro atoms. The fraction of sp³-hybridized carbons (Fsp3) is 0.762. The summed E-state index contributed by atoms with van der Waals surface area (Å²) in [7, 11) is 0. The fourth-order valence-electron chi connectivity index (χ4n) is 3.35. The van der Waals surface area contributed by atoms with Crippen molar-refractivity contribution in [1.82, 2.24) is 0 Å². The van der Waals surface area contributed by atoms with Crippen LogP contribution in [-0.2, 0) is 9.53 Å². The lowest BCUT2D eigenvalue weighted by Crippen LogP contribution is -2.32. The smallest absolute Gasteiger partial charge is 0.303 e. The Kier molecular flexibility index (Phi) is 10.1. The van der Waals surface area contributed by atoms with Crippen molar-refractivity contribution >= 4 is 5.97 Å². The normalized spacial score (nSPS) is 25.3. The lowest BCUT2D eigenvalue weighted by atomic mass is 9.85. The van der Waals surface area contributed by atoms with Gasteiger partial charge in [0.25, 0.3) is 0 Å². The summed E-state index contributed by atoms with van der Waals surface area (Å²) in [6, 6.07) is 0. The number of hydrogen-bond donors (Lipinski definition) is 3. The Labute approximate surface area is 157 Å².